The van der Waals surface area contributed by atoms with E-state index in [4.69, 9.17) is 4.52 Å². The number of likely N-dealkylation sites (tertiary alicyclic amines) is 2. The summed E-state index contributed by atoms with van der Waals surface area (Å²) in [5.41, 5.74) is 3.99. The fourth-order valence-electron chi connectivity index (χ4n) is 5.50. The van der Waals surface area contributed by atoms with Gasteiger partial charge in [0, 0.05) is 62.0 Å². The molecule has 3 aromatic rings. The SMILES string of the molecule is CCn1nc(C)c(CN2C[C@H]3CN(C(=O)c4ccccc4)C[C@@]3(c3nc(C)no3)C2)c1C. The average Bonchev–Trinajstić information content (AvgIpc) is 3.52. The number of fused-ring (bicyclic) bond motifs is 1. The number of amides is 1. The molecule has 0 aliphatic carbocycles. The molecule has 2 aliphatic heterocycles. The third-order valence-electron chi connectivity index (χ3n) is 7.15. The van der Waals surface area contributed by atoms with Gasteiger partial charge in [0.05, 0.1) is 11.1 Å². The smallest absolute Gasteiger partial charge is 0.253 e. The van der Waals surface area contributed by atoms with Gasteiger partial charge in [-0.2, -0.15) is 10.1 Å². The van der Waals surface area contributed by atoms with E-state index in [-0.39, 0.29) is 17.2 Å². The minimum Gasteiger partial charge on any atom is -0.339 e. The molecule has 0 N–H and O–H groups in total. The molecule has 1 aromatic carbocycles. The number of rotatable bonds is 5. The maximum absolute atomic E-state index is 13.2. The van der Waals surface area contributed by atoms with E-state index >= 15 is 0 Å². The molecule has 2 atom stereocenters. The van der Waals surface area contributed by atoms with E-state index in [1.165, 1.54) is 11.3 Å². The topological polar surface area (TPSA) is 80.3 Å². The van der Waals surface area contributed by atoms with E-state index in [1.54, 1.807) is 0 Å². The maximum Gasteiger partial charge on any atom is 0.253 e. The first kappa shape index (κ1) is 20.9. The van der Waals surface area contributed by atoms with Gasteiger partial charge in [-0.3, -0.25) is 14.4 Å². The lowest BCUT2D eigenvalue weighted by Gasteiger charge is -2.26. The Hall–Kier alpha value is -3.00. The van der Waals surface area contributed by atoms with Crippen molar-refractivity contribution < 1.29 is 9.32 Å². The van der Waals surface area contributed by atoms with Crippen molar-refractivity contribution in [3.63, 3.8) is 0 Å². The van der Waals surface area contributed by atoms with Crippen LogP contribution in [0.3, 0.4) is 0 Å². The Morgan fingerprint density at radius 3 is 2.59 bits per heavy atom. The quantitative estimate of drug-likeness (QED) is 0.614. The minimum absolute atomic E-state index is 0.0677. The second kappa shape index (κ2) is 7.85. The predicted molar refractivity (Wildman–Crippen MR) is 119 cm³/mol. The Kier molecular flexibility index (Phi) is 5.12. The molecule has 1 amide bonds. The van der Waals surface area contributed by atoms with Crippen LogP contribution in [0.25, 0.3) is 0 Å². The fraction of sp³-hybridized carbons (Fsp3) is 0.500. The van der Waals surface area contributed by atoms with Crippen LogP contribution in [0.4, 0.5) is 0 Å². The van der Waals surface area contributed by atoms with E-state index < -0.39 is 0 Å². The van der Waals surface area contributed by atoms with Gasteiger partial charge < -0.3 is 9.42 Å². The Bertz CT molecular complexity index is 1140. The number of aryl methyl sites for hydroxylation is 3. The molecular formula is C24H30N6O2. The second-order valence-electron chi connectivity index (χ2n) is 9.19. The third kappa shape index (κ3) is 3.33. The van der Waals surface area contributed by atoms with Crippen molar-refractivity contribution in [2.75, 3.05) is 26.2 Å². The van der Waals surface area contributed by atoms with E-state index in [9.17, 15) is 4.79 Å². The van der Waals surface area contributed by atoms with Gasteiger partial charge in [0.1, 0.15) is 0 Å². The van der Waals surface area contributed by atoms with Crippen LogP contribution in [0.2, 0.25) is 0 Å². The van der Waals surface area contributed by atoms with Gasteiger partial charge in [-0.15, -0.1) is 0 Å². The molecule has 0 unspecified atom stereocenters. The van der Waals surface area contributed by atoms with Crippen LogP contribution in [-0.4, -0.2) is 61.8 Å². The van der Waals surface area contributed by atoms with Crippen LogP contribution in [0.5, 0.6) is 0 Å². The van der Waals surface area contributed by atoms with Gasteiger partial charge in [-0.25, -0.2) is 0 Å². The van der Waals surface area contributed by atoms with Gasteiger partial charge in [0.25, 0.3) is 5.91 Å². The highest BCUT2D eigenvalue weighted by atomic mass is 16.5. The average molecular weight is 435 g/mol. The van der Waals surface area contributed by atoms with Gasteiger partial charge in [-0.05, 0) is 39.8 Å². The summed E-state index contributed by atoms with van der Waals surface area (Å²) in [7, 11) is 0. The predicted octanol–water partition coefficient (Wildman–Crippen LogP) is 2.74. The van der Waals surface area contributed by atoms with E-state index in [1.807, 2.05) is 42.2 Å². The summed E-state index contributed by atoms with van der Waals surface area (Å²) in [5, 5.41) is 8.76. The summed E-state index contributed by atoms with van der Waals surface area (Å²) >= 11 is 0. The van der Waals surface area contributed by atoms with Crippen molar-refractivity contribution in [1.82, 2.24) is 29.7 Å². The Balaban J connectivity index is 1.42. The monoisotopic (exact) mass is 434 g/mol. The lowest BCUT2D eigenvalue weighted by Crippen LogP contribution is -2.40. The number of carbonyl (C=O) groups is 1. The van der Waals surface area contributed by atoms with Crippen LogP contribution < -0.4 is 0 Å². The summed E-state index contributed by atoms with van der Waals surface area (Å²) in [6.07, 6.45) is 0. The van der Waals surface area contributed by atoms with Gasteiger partial charge in [0.15, 0.2) is 5.82 Å². The molecule has 8 heteroatoms. The Morgan fingerprint density at radius 1 is 1.16 bits per heavy atom. The molecule has 0 spiro atoms. The largest absolute Gasteiger partial charge is 0.339 e. The first-order chi connectivity index (χ1) is 15.4. The zero-order valence-corrected chi connectivity index (χ0v) is 19.2. The van der Waals surface area contributed by atoms with Crippen LogP contribution in [0.1, 0.15) is 45.9 Å². The number of benzene rings is 1. The minimum atomic E-state index is -0.339. The van der Waals surface area contributed by atoms with Crippen LogP contribution in [0.15, 0.2) is 34.9 Å². The Morgan fingerprint density at radius 2 is 1.94 bits per heavy atom. The van der Waals surface area contributed by atoms with Crippen molar-refractivity contribution in [1.29, 1.82) is 0 Å². The van der Waals surface area contributed by atoms with Gasteiger partial charge >= 0.3 is 0 Å². The zero-order valence-electron chi connectivity index (χ0n) is 19.2. The summed E-state index contributed by atoms with van der Waals surface area (Å²) in [5.74, 6) is 1.61. The van der Waals surface area contributed by atoms with Crippen LogP contribution in [0, 0.1) is 26.7 Å². The van der Waals surface area contributed by atoms with E-state index in [0.717, 1.165) is 37.4 Å². The molecule has 0 bridgehead atoms. The number of nitrogens with zero attached hydrogens (tertiary/aromatic N) is 6. The number of carbonyl (C=O) groups excluding carboxylic acids is 1. The zero-order chi connectivity index (χ0) is 22.5. The van der Waals surface area contributed by atoms with Crippen molar-refractivity contribution in [2.24, 2.45) is 5.92 Å². The molecule has 32 heavy (non-hydrogen) atoms. The van der Waals surface area contributed by atoms with Crippen molar-refractivity contribution >= 4 is 5.91 Å². The third-order valence-corrected chi connectivity index (χ3v) is 7.15. The Labute approximate surface area is 188 Å². The van der Waals surface area contributed by atoms with Crippen LogP contribution in [-0.2, 0) is 18.5 Å². The molecule has 0 saturated carbocycles. The summed E-state index contributed by atoms with van der Waals surface area (Å²) < 4.78 is 7.78. The van der Waals surface area contributed by atoms with Gasteiger partial charge in [0.2, 0.25) is 5.89 Å². The first-order valence-corrected chi connectivity index (χ1v) is 11.3. The standard InChI is InChI=1S/C24H30N6O2/c1-5-30-17(3)21(16(2)26-30)13-28-11-20-12-29(22(31)19-9-7-6-8-10-19)15-24(20,14-28)23-25-18(4)27-32-23/h6-10,20H,5,11-15H2,1-4H3/t20-,24-/m0/s1. The van der Waals surface area contributed by atoms with Crippen molar-refractivity contribution in [2.45, 2.75) is 46.2 Å². The lowest BCUT2D eigenvalue weighted by molar-refractivity contribution is 0.0766. The molecule has 5 rings (SSSR count). The number of aromatic nitrogens is 4. The first-order valence-electron chi connectivity index (χ1n) is 11.3. The normalized spacial score (nSPS) is 23.1. The van der Waals surface area contributed by atoms with Crippen molar-refractivity contribution in [3.05, 3.63) is 64.6 Å². The highest BCUT2D eigenvalue weighted by molar-refractivity contribution is 5.94. The molecule has 0 radical (unpaired) electrons. The molecule has 8 nitrogen and oxygen atoms in total. The summed E-state index contributed by atoms with van der Waals surface area (Å²) in [6.45, 7) is 12.9. The maximum atomic E-state index is 13.2. The van der Waals surface area contributed by atoms with Crippen LogP contribution >= 0.6 is 0 Å². The highest BCUT2D eigenvalue weighted by Gasteiger charge is 2.57. The highest BCUT2D eigenvalue weighted by Crippen LogP contribution is 2.45. The van der Waals surface area contributed by atoms with E-state index in [2.05, 4.69) is 45.6 Å². The number of hydrogen-bond donors (Lipinski definition) is 0. The molecule has 2 fully saturated rings. The molecule has 4 heterocycles. The van der Waals surface area contributed by atoms with Gasteiger partial charge in [-0.1, -0.05) is 23.4 Å². The molecule has 2 aromatic heterocycles. The molecule has 2 aliphatic rings. The van der Waals surface area contributed by atoms with Crippen molar-refractivity contribution in [3.8, 4) is 0 Å². The molecule has 168 valence electrons. The lowest BCUT2D eigenvalue weighted by atomic mass is 9.81. The number of hydrogen-bond acceptors (Lipinski definition) is 6. The summed E-state index contributed by atoms with van der Waals surface area (Å²) in [4.78, 5) is 22.2. The fourth-order valence-corrected chi connectivity index (χ4v) is 5.50. The molecular weight excluding hydrogens is 404 g/mol. The van der Waals surface area contributed by atoms with E-state index in [0.29, 0.717) is 24.8 Å². The summed E-state index contributed by atoms with van der Waals surface area (Å²) in [6, 6.07) is 9.50. The molecule has 2 saturated heterocycles. The second-order valence-corrected chi connectivity index (χ2v) is 9.19.